The van der Waals surface area contributed by atoms with Crippen molar-refractivity contribution in [1.82, 2.24) is 0 Å². The van der Waals surface area contributed by atoms with Crippen LogP contribution in [0.2, 0.25) is 0 Å². The van der Waals surface area contributed by atoms with E-state index >= 15 is 0 Å². The molecule has 3 heteroatoms. The minimum absolute atomic E-state index is 0.871. The van der Waals surface area contributed by atoms with Crippen LogP contribution in [0.25, 0.3) is 6.08 Å². The van der Waals surface area contributed by atoms with Gasteiger partial charge in [-0.3, -0.25) is 4.99 Å². The molecular formula is C15H18BrNO. The quantitative estimate of drug-likeness (QED) is 0.582. The molecule has 0 aromatic heterocycles. The SMILES string of the molecule is COc1ccc(C)c(/C=C\C=C(/C)N=C(C)Br)c1. The lowest BCUT2D eigenvalue weighted by molar-refractivity contribution is 0.414. The summed E-state index contributed by atoms with van der Waals surface area (Å²) < 4.78 is 6.09. The fraction of sp³-hybridized carbons (Fsp3) is 0.267. The zero-order valence-electron chi connectivity index (χ0n) is 11.2. The first-order valence-corrected chi connectivity index (χ1v) is 6.52. The summed E-state index contributed by atoms with van der Waals surface area (Å²) in [5, 5.41) is 0. The van der Waals surface area contributed by atoms with E-state index in [4.69, 9.17) is 4.74 Å². The van der Waals surface area contributed by atoms with Crippen LogP contribution in [0.5, 0.6) is 5.75 Å². The van der Waals surface area contributed by atoms with Crippen molar-refractivity contribution in [2.75, 3.05) is 7.11 Å². The van der Waals surface area contributed by atoms with Crippen LogP contribution in [0, 0.1) is 6.92 Å². The normalized spacial score (nSPS) is 13.2. The van der Waals surface area contributed by atoms with Gasteiger partial charge in [0.25, 0.3) is 0 Å². The predicted octanol–water partition coefficient (Wildman–Crippen LogP) is 4.73. The Kier molecular flexibility index (Phi) is 5.86. The number of aliphatic imine (C=N–C) groups is 1. The van der Waals surface area contributed by atoms with Crippen LogP contribution in [0.4, 0.5) is 0 Å². The molecule has 0 aliphatic rings. The van der Waals surface area contributed by atoms with E-state index in [1.54, 1.807) is 7.11 Å². The number of methoxy groups -OCH3 is 1. The third-order valence-corrected chi connectivity index (χ3v) is 2.61. The van der Waals surface area contributed by atoms with Crippen LogP contribution in [0.15, 0.2) is 41.0 Å². The molecule has 2 nitrogen and oxygen atoms in total. The van der Waals surface area contributed by atoms with Crippen LogP contribution >= 0.6 is 15.9 Å². The van der Waals surface area contributed by atoms with Crippen LogP contribution in [-0.4, -0.2) is 11.7 Å². The van der Waals surface area contributed by atoms with Crippen LogP contribution in [-0.2, 0) is 0 Å². The number of rotatable bonds is 4. The Bertz CT molecular complexity index is 497. The zero-order chi connectivity index (χ0) is 13.5. The molecule has 0 N–H and O–H groups in total. The Balaban J connectivity index is 2.87. The first-order chi connectivity index (χ1) is 8.52. The fourth-order valence-electron chi connectivity index (χ4n) is 1.50. The summed E-state index contributed by atoms with van der Waals surface area (Å²) in [5.74, 6) is 0.871. The maximum atomic E-state index is 5.21. The summed E-state index contributed by atoms with van der Waals surface area (Å²) in [5.41, 5.74) is 3.33. The molecule has 1 rings (SSSR count). The van der Waals surface area contributed by atoms with Crippen molar-refractivity contribution < 1.29 is 4.74 Å². The molecule has 18 heavy (non-hydrogen) atoms. The smallest absolute Gasteiger partial charge is 0.119 e. The Hall–Kier alpha value is -1.35. The van der Waals surface area contributed by atoms with E-state index in [1.807, 2.05) is 38.1 Å². The largest absolute Gasteiger partial charge is 0.497 e. The van der Waals surface area contributed by atoms with Crippen molar-refractivity contribution >= 4 is 26.6 Å². The Morgan fingerprint density at radius 3 is 2.67 bits per heavy atom. The maximum absolute atomic E-state index is 5.21. The average Bonchev–Trinajstić information content (AvgIpc) is 2.30. The number of benzene rings is 1. The van der Waals surface area contributed by atoms with Crippen molar-refractivity contribution in [2.45, 2.75) is 20.8 Å². The summed E-state index contributed by atoms with van der Waals surface area (Å²) in [6.45, 7) is 5.96. The molecule has 0 saturated heterocycles. The van der Waals surface area contributed by atoms with Crippen LogP contribution in [0.1, 0.15) is 25.0 Å². The molecule has 1 aromatic carbocycles. The van der Waals surface area contributed by atoms with Gasteiger partial charge in [-0.05, 0) is 66.0 Å². The predicted molar refractivity (Wildman–Crippen MR) is 82.6 cm³/mol. The lowest BCUT2D eigenvalue weighted by Gasteiger charge is -2.03. The molecule has 96 valence electrons. The first-order valence-electron chi connectivity index (χ1n) is 5.73. The minimum atomic E-state index is 0.871. The van der Waals surface area contributed by atoms with E-state index in [2.05, 4.69) is 40.0 Å². The van der Waals surface area contributed by atoms with Crippen LogP contribution < -0.4 is 4.74 Å². The third-order valence-electron chi connectivity index (χ3n) is 2.43. The minimum Gasteiger partial charge on any atom is -0.497 e. The number of hydrogen-bond acceptors (Lipinski definition) is 2. The van der Waals surface area contributed by atoms with Crippen molar-refractivity contribution in [3.63, 3.8) is 0 Å². The second-order valence-electron chi connectivity index (χ2n) is 4.00. The summed E-state index contributed by atoms with van der Waals surface area (Å²) in [4.78, 5) is 4.28. The van der Waals surface area contributed by atoms with Gasteiger partial charge in [0, 0.05) is 5.70 Å². The Labute approximate surface area is 117 Å². The van der Waals surface area contributed by atoms with Gasteiger partial charge in [-0.1, -0.05) is 18.2 Å². The van der Waals surface area contributed by atoms with Gasteiger partial charge in [-0.15, -0.1) is 0 Å². The van der Waals surface area contributed by atoms with E-state index in [0.717, 1.165) is 21.6 Å². The Morgan fingerprint density at radius 2 is 2.06 bits per heavy atom. The van der Waals surface area contributed by atoms with E-state index in [9.17, 15) is 0 Å². The van der Waals surface area contributed by atoms with E-state index in [0.29, 0.717) is 0 Å². The summed E-state index contributed by atoms with van der Waals surface area (Å²) >= 11 is 3.31. The zero-order valence-corrected chi connectivity index (χ0v) is 12.8. The van der Waals surface area contributed by atoms with E-state index in [1.165, 1.54) is 5.56 Å². The highest BCUT2D eigenvalue weighted by atomic mass is 79.9. The Morgan fingerprint density at radius 1 is 1.33 bits per heavy atom. The second-order valence-corrected chi connectivity index (χ2v) is 5.15. The summed E-state index contributed by atoms with van der Waals surface area (Å²) in [6, 6.07) is 6.04. The number of allylic oxidation sites excluding steroid dienone is 3. The van der Waals surface area contributed by atoms with Crippen LogP contribution in [0.3, 0.4) is 0 Å². The number of hydrogen-bond donors (Lipinski definition) is 0. The molecule has 0 saturated carbocycles. The molecular weight excluding hydrogens is 290 g/mol. The third kappa shape index (κ3) is 4.88. The molecule has 0 spiro atoms. The van der Waals surface area contributed by atoms with Gasteiger partial charge in [-0.25, -0.2) is 0 Å². The highest BCUT2D eigenvalue weighted by molar-refractivity contribution is 9.18. The molecule has 0 radical (unpaired) electrons. The average molecular weight is 308 g/mol. The standard InChI is InChI=1S/C15H18BrNO/c1-11-8-9-15(18-4)10-14(11)7-5-6-12(2)17-13(3)16/h5-10H,1-4H3/b7-5-,12-6+,17-13?. The molecule has 0 atom stereocenters. The van der Waals surface area contributed by atoms with Gasteiger partial charge in [0.1, 0.15) is 5.75 Å². The summed E-state index contributed by atoms with van der Waals surface area (Å²) in [7, 11) is 1.68. The van der Waals surface area contributed by atoms with Gasteiger partial charge in [0.2, 0.25) is 0 Å². The molecule has 0 unspecified atom stereocenters. The second kappa shape index (κ2) is 7.17. The molecule has 0 amide bonds. The van der Waals surface area contributed by atoms with Gasteiger partial charge in [-0.2, -0.15) is 0 Å². The highest BCUT2D eigenvalue weighted by Gasteiger charge is 1.96. The summed E-state index contributed by atoms with van der Waals surface area (Å²) in [6.07, 6.45) is 6.03. The molecule has 0 aliphatic carbocycles. The number of aryl methyl sites for hydroxylation is 1. The first kappa shape index (κ1) is 14.7. The van der Waals surface area contributed by atoms with Crippen molar-refractivity contribution in [2.24, 2.45) is 4.99 Å². The van der Waals surface area contributed by atoms with Gasteiger partial charge >= 0.3 is 0 Å². The highest BCUT2D eigenvalue weighted by Crippen LogP contribution is 2.18. The number of ether oxygens (including phenoxy) is 1. The molecule has 0 fully saturated rings. The number of nitrogens with zero attached hydrogens (tertiary/aromatic N) is 1. The van der Waals surface area contributed by atoms with E-state index < -0.39 is 0 Å². The van der Waals surface area contributed by atoms with E-state index in [-0.39, 0.29) is 0 Å². The van der Waals surface area contributed by atoms with Gasteiger partial charge in [0.15, 0.2) is 0 Å². The monoisotopic (exact) mass is 307 g/mol. The fourth-order valence-corrected chi connectivity index (χ4v) is 1.78. The molecule has 0 aliphatic heterocycles. The maximum Gasteiger partial charge on any atom is 0.119 e. The van der Waals surface area contributed by atoms with Gasteiger partial charge < -0.3 is 4.74 Å². The lowest BCUT2D eigenvalue weighted by Crippen LogP contribution is -1.85. The van der Waals surface area contributed by atoms with Crippen molar-refractivity contribution in [3.05, 3.63) is 47.2 Å². The van der Waals surface area contributed by atoms with Crippen molar-refractivity contribution in [1.29, 1.82) is 0 Å². The van der Waals surface area contributed by atoms with Crippen molar-refractivity contribution in [3.8, 4) is 5.75 Å². The molecule has 1 aromatic rings. The number of halogens is 1. The lowest BCUT2D eigenvalue weighted by atomic mass is 10.1. The molecule has 0 bridgehead atoms. The van der Waals surface area contributed by atoms with Gasteiger partial charge in [0.05, 0.1) is 11.7 Å². The molecule has 0 heterocycles. The topological polar surface area (TPSA) is 21.6 Å².